The maximum atomic E-state index is 2.52. The number of para-hydroxylation sites is 1. The Hall–Kier alpha value is -4.53. The Labute approximate surface area is 270 Å². The number of thioether (sulfide) groups is 1. The van der Waals surface area contributed by atoms with Crippen LogP contribution in [-0.2, 0) is 5.41 Å². The number of benzene rings is 5. The maximum absolute atomic E-state index is 2.52. The van der Waals surface area contributed by atoms with E-state index >= 15 is 0 Å². The predicted octanol–water partition coefficient (Wildman–Crippen LogP) is 11.8. The van der Waals surface area contributed by atoms with E-state index in [1.54, 1.807) is 0 Å². The van der Waals surface area contributed by atoms with Crippen LogP contribution in [0.25, 0.3) is 16.7 Å². The first-order chi connectivity index (χ1) is 22.1. The molecule has 0 saturated carbocycles. The number of rotatable bonds is 4. The SMILES string of the molecule is CC1(C)c2ccccc2-c2ccc(N(c3ccccc3)c3ccc(C4=CC5=C(C=CCC5)C5c6ccccc6SC45)cc3)cc21. The van der Waals surface area contributed by atoms with E-state index in [2.05, 4.69) is 158 Å². The highest BCUT2D eigenvalue weighted by molar-refractivity contribution is 8.00. The van der Waals surface area contributed by atoms with Crippen LogP contribution in [0.3, 0.4) is 0 Å². The number of hydrogen-bond donors (Lipinski definition) is 0. The highest BCUT2D eigenvalue weighted by Gasteiger charge is 2.41. The van der Waals surface area contributed by atoms with E-state index in [9.17, 15) is 0 Å². The zero-order valence-corrected chi connectivity index (χ0v) is 26.5. The van der Waals surface area contributed by atoms with Crippen molar-refractivity contribution in [2.45, 2.75) is 48.2 Å². The monoisotopic (exact) mass is 597 g/mol. The maximum Gasteiger partial charge on any atom is 0.0465 e. The Morgan fingerprint density at radius 1 is 0.689 bits per heavy atom. The van der Waals surface area contributed by atoms with Crippen LogP contribution in [0.5, 0.6) is 0 Å². The number of nitrogens with zero attached hydrogens (tertiary/aromatic N) is 1. The fourth-order valence-corrected chi connectivity index (χ4v) is 9.64. The van der Waals surface area contributed by atoms with Gasteiger partial charge >= 0.3 is 0 Å². The molecule has 2 unspecified atom stereocenters. The van der Waals surface area contributed by atoms with Gasteiger partial charge in [0.15, 0.2) is 0 Å². The van der Waals surface area contributed by atoms with E-state index in [1.165, 1.54) is 72.1 Å². The highest BCUT2D eigenvalue weighted by Crippen LogP contribution is 2.57. The Balaban J connectivity index is 1.12. The number of allylic oxidation sites excluding steroid dienone is 5. The van der Waals surface area contributed by atoms with Gasteiger partial charge in [-0.05, 0) is 105 Å². The third kappa shape index (κ3) is 4.16. The van der Waals surface area contributed by atoms with E-state index < -0.39 is 0 Å². The largest absolute Gasteiger partial charge is 0.310 e. The molecular formula is C43H35NS. The topological polar surface area (TPSA) is 3.24 Å². The van der Waals surface area contributed by atoms with E-state index in [0.29, 0.717) is 11.2 Å². The van der Waals surface area contributed by atoms with Crippen molar-refractivity contribution in [2.24, 2.45) is 0 Å². The van der Waals surface area contributed by atoms with Gasteiger partial charge in [-0.3, -0.25) is 0 Å². The lowest BCUT2D eigenvalue weighted by Gasteiger charge is -2.32. The molecule has 0 saturated heterocycles. The normalized spacial score (nSPS) is 20.1. The van der Waals surface area contributed by atoms with Crippen molar-refractivity contribution in [2.75, 3.05) is 4.90 Å². The Bertz CT molecular complexity index is 2060. The molecule has 0 amide bonds. The Morgan fingerprint density at radius 3 is 2.27 bits per heavy atom. The molecule has 45 heavy (non-hydrogen) atoms. The van der Waals surface area contributed by atoms with Gasteiger partial charge in [-0.2, -0.15) is 0 Å². The quantitative estimate of drug-likeness (QED) is 0.203. The molecule has 2 atom stereocenters. The van der Waals surface area contributed by atoms with Crippen molar-refractivity contribution in [3.63, 3.8) is 0 Å². The lowest BCUT2D eigenvalue weighted by molar-refractivity contribution is 0.660. The molecule has 1 aliphatic heterocycles. The number of hydrogen-bond acceptors (Lipinski definition) is 2. The third-order valence-corrected chi connectivity index (χ3v) is 11.7. The molecule has 1 nitrogen and oxygen atoms in total. The lowest BCUT2D eigenvalue weighted by atomic mass is 9.74. The van der Waals surface area contributed by atoms with Crippen LogP contribution in [0.2, 0.25) is 0 Å². The molecule has 1 heterocycles. The molecule has 9 rings (SSSR count). The summed E-state index contributed by atoms with van der Waals surface area (Å²) in [5.41, 5.74) is 16.3. The van der Waals surface area contributed by atoms with Gasteiger partial charge in [-0.25, -0.2) is 0 Å². The summed E-state index contributed by atoms with van der Waals surface area (Å²) in [5.74, 6) is 0.428. The van der Waals surface area contributed by atoms with E-state index in [1.807, 2.05) is 11.8 Å². The second kappa shape index (κ2) is 10.3. The summed E-state index contributed by atoms with van der Waals surface area (Å²) in [5, 5.41) is 0.403. The van der Waals surface area contributed by atoms with Crippen LogP contribution >= 0.6 is 11.8 Å². The molecule has 2 heteroatoms. The van der Waals surface area contributed by atoms with Crippen molar-refractivity contribution in [3.05, 3.63) is 173 Å². The van der Waals surface area contributed by atoms with Gasteiger partial charge in [-0.1, -0.05) is 111 Å². The Morgan fingerprint density at radius 2 is 1.40 bits per heavy atom. The van der Waals surface area contributed by atoms with Gasteiger partial charge in [0, 0.05) is 38.5 Å². The Kier molecular flexibility index (Phi) is 6.12. The van der Waals surface area contributed by atoms with Gasteiger partial charge in [0.2, 0.25) is 0 Å². The van der Waals surface area contributed by atoms with Gasteiger partial charge in [-0.15, -0.1) is 11.8 Å². The lowest BCUT2D eigenvalue weighted by Crippen LogP contribution is -2.20. The van der Waals surface area contributed by atoms with Crippen LogP contribution < -0.4 is 4.90 Å². The zero-order valence-electron chi connectivity index (χ0n) is 25.7. The molecule has 0 fully saturated rings. The summed E-state index contributed by atoms with van der Waals surface area (Å²) in [7, 11) is 0. The number of fused-ring (bicyclic) bond motifs is 7. The molecule has 5 aromatic carbocycles. The minimum absolute atomic E-state index is 0.0451. The van der Waals surface area contributed by atoms with Crippen molar-refractivity contribution in [1.29, 1.82) is 0 Å². The summed E-state index contributed by atoms with van der Waals surface area (Å²) < 4.78 is 0. The van der Waals surface area contributed by atoms with Gasteiger partial charge in [0.25, 0.3) is 0 Å². The van der Waals surface area contributed by atoms with Crippen molar-refractivity contribution >= 4 is 34.4 Å². The molecule has 0 aromatic heterocycles. The summed E-state index contributed by atoms with van der Waals surface area (Å²) in [6.07, 6.45) is 9.55. The smallest absolute Gasteiger partial charge is 0.0465 e. The molecule has 0 N–H and O–H groups in total. The summed E-state index contributed by atoms with van der Waals surface area (Å²) >= 11 is 2.04. The highest BCUT2D eigenvalue weighted by atomic mass is 32.2. The van der Waals surface area contributed by atoms with Crippen LogP contribution in [0.1, 0.15) is 54.9 Å². The average Bonchev–Trinajstić information content (AvgIpc) is 3.59. The molecule has 0 radical (unpaired) electrons. The van der Waals surface area contributed by atoms with Gasteiger partial charge in [0.1, 0.15) is 0 Å². The minimum atomic E-state index is -0.0451. The van der Waals surface area contributed by atoms with Crippen LogP contribution in [0, 0.1) is 0 Å². The average molecular weight is 598 g/mol. The van der Waals surface area contributed by atoms with Crippen molar-refractivity contribution in [1.82, 2.24) is 0 Å². The molecule has 5 aromatic rings. The third-order valence-electron chi connectivity index (χ3n) is 10.3. The standard InChI is InChI=1S/C43H35NS/c1-43(2)38-18-10-8-16-34(38)35-25-24-32(27-39(35)43)44(30-13-4-3-5-14-30)31-22-20-28(21-23-31)37-26-29-12-6-7-15-33(29)41-36-17-9-11-19-40(36)45-42(37)41/h3-5,7-11,13-27,41-42H,6,12H2,1-2H3. The first-order valence-electron chi connectivity index (χ1n) is 16.1. The summed E-state index contributed by atoms with van der Waals surface area (Å²) in [6, 6.07) is 45.1. The van der Waals surface area contributed by atoms with Crippen LogP contribution in [0.4, 0.5) is 17.1 Å². The van der Waals surface area contributed by atoms with Crippen LogP contribution in [0.15, 0.2) is 156 Å². The zero-order chi connectivity index (χ0) is 30.1. The number of anilines is 3. The molecule has 218 valence electrons. The molecular weight excluding hydrogens is 563 g/mol. The van der Waals surface area contributed by atoms with Gasteiger partial charge < -0.3 is 4.90 Å². The molecule has 4 aliphatic rings. The fourth-order valence-electron chi connectivity index (χ4n) is 8.12. The van der Waals surface area contributed by atoms with E-state index in [0.717, 1.165) is 12.8 Å². The second-order valence-electron chi connectivity index (χ2n) is 13.2. The minimum Gasteiger partial charge on any atom is -0.310 e. The summed E-state index contributed by atoms with van der Waals surface area (Å²) in [4.78, 5) is 3.84. The first-order valence-corrected chi connectivity index (χ1v) is 17.0. The van der Waals surface area contributed by atoms with Crippen LogP contribution in [-0.4, -0.2) is 5.25 Å². The molecule has 3 aliphatic carbocycles. The van der Waals surface area contributed by atoms with E-state index in [4.69, 9.17) is 0 Å². The van der Waals surface area contributed by atoms with E-state index in [-0.39, 0.29) is 5.41 Å². The first kappa shape index (κ1) is 26.8. The summed E-state index contributed by atoms with van der Waals surface area (Å²) in [6.45, 7) is 4.72. The molecule has 0 spiro atoms. The fraction of sp³-hybridized carbons (Fsp3) is 0.163. The predicted molar refractivity (Wildman–Crippen MR) is 191 cm³/mol. The second-order valence-corrected chi connectivity index (χ2v) is 14.4. The van der Waals surface area contributed by atoms with Crippen molar-refractivity contribution in [3.8, 4) is 11.1 Å². The van der Waals surface area contributed by atoms with Crippen molar-refractivity contribution < 1.29 is 0 Å². The molecule has 0 bridgehead atoms. The van der Waals surface area contributed by atoms with Gasteiger partial charge in [0.05, 0.1) is 0 Å².